The number of carbonyl (C=O) groups excluding carboxylic acids is 1. The first kappa shape index (κ1) is 17.7. The Morgan fingerprint density at radius 3 is 2.71 bits per heavy atom. The normalized spacial score (nSPS) is 12.6. The van der Waals surface area contributed by atoms with Gasteiger partial charge in [-0.3, -0.25) is 10.2 Å². The van der Waals surface area contributed by atoms with Crippen molar-refractivity contribution in [3.63, 3.8) is 0 Å². The number of rotatable bonds is 6. The monoisotopic (exact) mass is 329 g/mol. The highest BCUT2D eigenvalue weighted by Crippen LogP contribution is 2.43. The van der Waals surface area contributed by atoms with E-state index in [-0.39, 0.29) is 0 Å². The van der Waals surface area contributed by atoms with Crippen LogP contribution >= 0.6 is 0 Å². The van der Waals surface area contributed by atoms with E-state index in [1.165, 1.54) is 24.0 Å². The number of carbonyl (C=O) groups is 1. The van der Waals surface area contributed by atoms with Gasteiger partial charge in [0.15, 0.2) is 0 Å². The number of hydrogen-bond acceptors (Lipinski definition) is 6. The third-order valence-electron chi connectivity index (χ3n) is 3.80. The Hall–Kier alpha value is -2.67. The first-order valence-corrected chi connectivity index (χ1v) is 7.81. The van der Waals surface area contributed by atoms with Crippen LogP contribution in [0.4, 0.5) is 5.69 Å². The van der Waals surface area contributed by atoms with Crippen LogP contribution in [0.25, 0.3) is 0 Å². The summed E-state index contributed by atoms with van der Waals surface area (Å²) in [5, 5.41) is 11.2. The fourth-order valence-electron chi connectivity index (χ4n) is 2.44. The van der Waals surface area contributed by atoms with Crippen molar-refractivity contribution in [3.05, 3.63) is 47.2 Å². The van der Waals surface area contributed by atoms with Crippen LogP contribution in [0.2, 0.25) is 0 Å². The van der Waals surface area contributed by atoms with Crippen LogP contribution < -0.4 is 21.3 Å². The summed E-state index contributed by atoms with van der Waals surface area (Å²) in [4.78, 5) is 8.94. The SMILES string of the molecule is CNc1cccc(C2CC2)c1COc1nnccc1C.NNC=O. The second-order valence-corrected chi connectivity index (χ2v) is 5.49. The molecular formula is C17H23N5O2. The minimum atomic E-state index is 0.403. The Morgan fingerprint density at radius 1 is 1.38 bits per heavy atom. The fraction of sp³-hybridized carbons (Fsp3) is 0.353. The summed E-state index contributed by atoms with van der Waals surface area (Å²) in [7, 11) is 1.95. The van der Waals surface area contributed by atoms with Gasteiger partial charge < -0.3 is 10.1 Å². The Kier molecular flexibility index (Phi) is 6.51. The van der Waals surface area contributed by atoms with Gasteiger partial charge in [-0.25, -0.2) is 5.84 Å². The van der Waals surface area contributed by atoms with E-state index in [0.717, 1.165) is 11.3 Å². The van der Waals surface area contributed by atoms with Gasteiger partial charge in [-0.1, -0.05) is 12.1 Å². The summed E-state index contributed by atoms with van der Waals surface area (Å²) in [6.45, 7) is 2.51. The van der Waals surface area contributed by atoms with Crippen LogP contribution in [0.3, 0.4) is 0 Å². The molecule has 1 aromatic carbocycles. The summed E-state index contributed by atoms with van der Waals surface area (Å²) < 4.78 is 5.87. The van der Waals surface area contributed by atoms with E-state index in [4.69, 9.17) is 9.53 Å². The van der Waals surface area contributed by atoms with E-state index in [1.54, 1.807) is 11.6 Å². The van der Waals surface area contributed by atoms with Gasteiger partial charge in [-0.05, 0) is 43.4 Å². The number of aromatic nitrogens is 2. The molecule has 1 aromatic heterocycles. The number of nitrogens with two attached hydrogens (primary N) is 1. The molecule has 0 spiro atoms. The van der Waals surface area contributed by atoms with E-state index >= 15 is 0 Å². The van der Waals surface area contributed by atoms with Crippen molar-refractivity contribution in [2.75, 3.05) is 12.4 Å². The molecule has 7 heteroatoms. The number of aryl methyl sites for hydroxylation is 1. The molecule has 128 valence electrons. The molecule has 1 aliphatic carbocycles. The highest BCUT2D eigenvalue weighted by Gasteiger charge is 2.27. The minimum Gasteiger partial charge on any atom is -0.471 e. The lowest BCUT2D eigenvalue weighted by Crippen LogP contribution is -2.18. The molecule has 2 aromatic rings. The lowest BCUT2D eigenvalue weighted by molar-refractivity contribution is -0.109. The number of hydrogen-bond donors (Lipinski definition) is 3. The standard InChI is InChI=1S/C16H19N3O.CH4N2O/c1-11-8-9-18-19-16(11)20-10-14-13(12-6-7-12)4-3-5-15(14)17-2;2-3-1-4/h3-5,8-9,12,17H,6-7,10H2,1-2H3;1H,2H2,(H,3,4). The molecule has 0 unspecified atom stereocenters. The van der Waals surface area contributed by atoms with Crippen molar-refractivity contribution >= 4 is 12.1 Å². The van der Waals surface area contributed by atoms with E-state index in [9.17, 15) is 0 Å². The molecule has 1 aliphatic rings. The molecule has 1 amide bonds. The maximum atomic E-state index is 8.94. The van der Waals surface area contributed by atoms with Gasteiger partial charge in [-0.2, -0.15) is 5.10 Å². The molecular weight excluding hydrogens is 306 g/mol. The molecule has 0 saturated heterocycles. The average Bonchev–Trinajstić information content (AvgIpc) is 3.46. The van der Waals surface area contributed by atoms with Crippen LogP contribution in [-0.2, 0) is 11.4 Å². The highest BCUT2D eigenvalue weighted by molar-refractivity contribution is 5.56. The van der Waals surface area contributed by atoms with Crippen LogP contribution in [0.5, 0.6) is 5.88 Å². The molecule has 24 heavy (non-hydrogen) atoms. The van der Waals surface area contributed by atoms with Crippen LogP contribution in [0.1, 0.15) is 35.4 Å². The van der Waals surface area contributed by atoms with Crippen molar-refractivity contribution in [3.8, 4) is 5.88 Å². The number of benzene rings is 1. The summed E-state index contributed by atoms with van der Waals surface area (Å²) in [6, 6.07) is 8.32. The molecule has 1 heterocycles. The quantitative estimate of drug-likeness (QED) is 0.324. The third kappa shape index (κ3) is 4.66. The number of anilines is 1. The second-order valence-electron chi connectivity index (χ2n) is 5.49. The predicted octanol–water partition coefficient (Wildman–Crippen LogP) is 1.89. The molecule has 4 N–H and O–H groups in total. The van der Waals surface area contributed by atoms with Crippen molar-refractivity contribution in [1.29, 1.82) is 0 Å². The maximum Gasteiger partial charge on any atom is 0.236 e. The molecule has 0 bridgehead atoms. The van der Waals surface area contributed by atoms with Gasteiger partial charge in [-0.15, -0.1) is 5.10 Å². The largest absolute Gasteiger partial charge is 0.471 e. The zero-order chi connectivity index (χ0) is 17.4. The highest BCUT2D eigenvalue weighted by atomic mass is 16.5. The van der Waals surface area contributed by atoms with Gasteiger partial charge in [0, 0.05) is 23.9 Å². The first-order valence-electron chi connectivity index (χ1n) is 7.81. The van der Waals surface area contributed by atoms with Crippen molar-refractivity contribution < 1.29 is 9.53 Å². The average molecular weight is 329 g/mol. The summed E-state index contributed by atoms with van der Waals surface area (Å²) in [5.41, 5.74) is 6.53. The van der Waals surface area contributed by atoms with Crippen molar-refractivity contribution in [1.82, 2.24) is 15.6 Å². The Bertz CT molecular complexity index is 674. The number of hydrazine groups is 1. The van der Waals surface area contributed by atoms with Gasteiger partial charge in [0.25, 0.3) is 0 Å². The van der Waals surface area contributed by atoms with Crippen LogP contribution in [0, 0.1) is 6.92 Å². The van der Waals surface area contributed by atoms with Gasteiger partial charge >= 0.3 is 0 Å². The Labute approximate surface area is 141 Å². The smallest absolute Gasteiger partial charge is 0.236 e. The van der Waals surface area contributed by atoms with E-state index in [1.807, 2.05) is 20.0 Å². The lowest BCUT2D eigenvalue weighted by atomic mass is 10.0. The van der Waals surface area contributed by atoms with Crippen molar-refractivity contribution in [2.24, 2.45) is 5.84 Å². The molecule has 1 fully saturated rings. The summed E-state index contributed by atoms with van der Waals surface area (Å²) in [6.07, 6.45) is 4.65. The topological polar surface area (TPSA) is 102 Å². The number of nitrogens with one attached hydrogen (secondary N) is 2. The predicted molar refractivity (Wildman–Crippen MR) is 92.5 cm³/mol. The summed E-state index contributed by atoms with van der Waals surface area (Å²) >= 11 is 0. The van der Waals surface area contributed by atoms with E-state index in [2.05, 4.69) is 39.6 Å². The minimum absolute atomic E-state index is 0.403. The van der Waals surface area contributed by atoms with Gasteiger partial charge in [0.2, 0.25) is 12.3 Å². The number of amides is 1. The van der Waals surface area contributed by atoms with E-state index in [0.29, 0.717) is 24.8 Å². The number of nitrogens with zero attached hydrogens (tertiary/aromatic N) is 2. The maximum absolute atomic E-state index is 8.94. The summed E-state index contributed by atoms with van der Waals surface area (Å²) in [5.74, 6) is 5.72. The molecule has 7 nitrogen and oxygen atoms in total. The third-order valence-corrected chi connectivity index (χ3v) is 3.80. The first-order chi connectivity index (χ1) is 11.7. The zero-order valence-electron chi connectivity index (χ0n) is 14.0. The van der Waals surface area contributed by atoms with Crippen LogP contribution in [-0.4, -0.2) is 23.7 Å². The molecule has 0 atom stereocenters. The lowest BCUT2D eigenvalue weighted by Gasteiger charge is -2.15. The van der Waals surface area contributed by atoms with Crippen molar-refractivity contribution in [2.45, 2.75) is 32.3 Å². The Balaban J connectivity index is 0.000000471. The van der Waals surface area contributed by atoms with Gasteiger partial charge in [0.05, 0.1) is 6.20 Å². The van der Waals surface area contributed by atoms with E-state index < -0.39 is 0 Å². The molecule has 3 rings (SSSR count). The second kappa shape index (κ2) is 8.83. The van der Waals surface area contributed by atoms with Gasteiger partial charge in [0.1, 0.15) is 6.61 Å². The fourth-order valence-corrected chi connectivity index (χ4v) is 2.44. The zero-order valence-corrected chi connectivity index (χ0v) is 14.0. The molecule has 0 radical (unpaired) electrons. The Morgan fingerprint density at radius 2 is 2.12 bits per heavy atom. The number of ether oxygens (including phenoxy) is 1. The molecule has 0 aliphatic heterocycles. The molecule has 1 saturated carbocycles. The van der Waals surface area contributed by atoms with Crippen LogP contribution in [0.15, 0.2) is 30.5 Å².